The van der Waals surface area contributed by atoms with Crippen LogP contribution in [0.15, 0.2) is 0 Å². The lowest BCUT2D eigenvalue weighted by atomic mass is 9.96. The average molecular weight is 410 g/mol. The number of carbonyl (C=O) groups excluding carboxylic acids is 2. The highest BCUT2D eigenvalue weighted by Crippen LogP contribution is 2.18. The summed E-state index contributed by atoms with van der Waals surface area (Å²) in [5.41, 5.74) is 0. The van der Waals surface area contributed by atoms with Crippen molar-refractivity contribution in [3.63, 3.8) is 0 Å². The summed E-state index contributed by atoms with van der Waals surface area (Å²) < 4.78 is 0. The first-order valence-corrected chi connectivity index (χ1v) is 11.8. The van der Waals surface area contributed by atoms with E-state index in [4.69, 9.17) is 0 Å². The number of urea groups is 1. The SMILES string of the molecule is CCN(CC)CCCNC(=O)C1CCN(C(=O)NCCN2CCC(C)CC2)CC1. The summed E-state index contributed by atoms with van der Waals surface area (Å²) in [6.07, 6.45) is 5.04. The molecule has 0 atom stereocenters. The summed E-state index contributed by atoms with van der Waals surface area (Å²) in [6.45, 7) is 15.8. The van der Waals surface area contributed by atoms with Crippen LogP contribution in [0.25, 0.3) is 0 Å². The van der Waals surface area contributed by atoms with Crippen molar-refractivity contribution in [1.82, 2.24) is 25.3 Å². The molecule has 0 radical (unpaired) electrons. The van der Waals surface area contributed by atoms with Crippen molar-refractivity contribution in [3.05, 3.63) is 0 Å². The first-order valence-electron chi connectivity index (χ1n) is 11.8. The molecule has 7 nitrogen and oxygen atoms in total. The minimum absolute atomic E-state index is 0.0217. The number of hydrogen-bond acceptors (Lipinski definition) is 4. The number of rotatable bonds is 10. The molecule has 2 saturated heterocycles. The van der Waals surface area contributed by atoms with Gasteiger partial charge in [-0.05, 0) is 70.7 Å². The summed E-state index contributed by atoms with van der Waals surface area (Å²) in [6, 6.07) is 0.0217. The van der Waals surface area contributed by atoms with Gasteiger partial charge in [0, 0.05) is 38.6 Å². The van der Waals surface area contributed by atoms with E-state index in [0.29, 0.717) is 19.6 Å². The van der Waals surface area contributed by atoms with Crippen LogP contribution in [0.2, 0.25) is 0 Å². The normalized spacial score (nSPS) is 19.5. The summed E-state index contributed by atoms with van der Waals surface area (Å²) in [4.78, 5) is 31.4. The zero-order valence-corrected chi connectivity index (χ0v) is 18.9. The summed E-state index contributed by atoms with van der Waals surface area (Å²) in [5, 5.41) is 6.14. The number of hydrogen-bond donors (Lipinski definition) is 2. The molecule has 0 aliphatic carbocycles. The molecule has 2 heterocycles. The van der Waals surface area contributed by atoms with E-state index < -0.39 is 0 Å². The van der Waals surface area contributed by atoms with Gasteiger partial charge in [-0.25, -0.2) is 4.79 Å². The van der Waals surface area contributed by atoms with Gasteiger partial charge in [-0.1, -0.05) is 20.8 Å². The van der Waals surface area contributed by atoms with Gasteiger partial charge in [-0.2, -0.15) is 0 Å². The van der Waals surface area contributed by atoms with Gasteiger partial charge in [0.2, 0.25) is 5.91 Å². The van der Waals surface area contributed by atoms with E-state index in [1.54, 1.807) is 0 Å². The zero-order chi connectivity index (χ0) is 21.1. The third kappa shape index (κ3) is 8.51. The summed E-state index contributed by atoms with van der Waals surface area (Å²) >= 11 is 0. The Hall–Kier alpha value is -1.34. The fourth-order valence-corrected chi connectivity index (χ4v) is 4.26. The van der Waals surface area contributed by atoms with Gasteiger partial charge in [0.05, 0.1) is 0 Å². The van der Waals surface area contributed by atoms with Crippen LogP contribution in [0.5, 0.6) is 0 Å². The van der Waals surface area contributed by atoms with Gasteiger partial charge in [0.25, 0.3) is 0 Å². The molecule has 0 aromatic carbocycles. The Labute approximate surface area is 177 Å². The third-order valence-electron chi connectivity index (χ3n) is 6.58. The number of nitrogens with one attached hydrogen (secondary N) is 2. The topological polar surface area (TPSA) is 67.9 Å². The Morgan fingerprint density at radius 3 is 2.21 bits per heavy atom. The van der Waals surface area contributed by atoms with Crippen LogP contribution < -0.4 is 10.6 Å². The smallest absolute Gasteiger partial charge is 0.317 e. The first-order chi connectivity index (χ1) is 14.0. The van der Waals surface area contributed by atoms with Crippen molar-refractivity contribution < 1.29 is 9.59 Å². The number of piperidine rings is 2. The molecule has 7 heteroatoms. The van der Waals surface area contributed by atoms with Crippen molar-refractivity contribution in [2.75, 3.05) is 65.4 Å². The molecule has 0 saturated carbocycles. The van der Waals surface area contributed by atoms with Crippen LogP contribution in [0.3, 0.4) is 0 Å². The van der Waals surface area contributed by atoms with E-state index in [2.05, 4.69) is 41.2 Å². The van der Waals surface area contributed by atoms with Gasteiger partial charge in [0.15, 0.2) is 0 Å². The van der Waals surface area contributed by atoms with Crippen LogP contribution >= 0.6 is 0 Å². The lowest BCUT2D eigenvalue weighted by Crippen LogP contribution is -2.48. The van der Waals surface area contributed by atoms with Crippen molar-refractivity contribution >= 4 is 11.9 Å². The van der Waals surface area contributed by atoms with Gasteiger partial charge >= 0.3 is 6.03 Å². The minimum atomic E-state index is 0.0217. The van der Waals surface area contributed by atoms with Crippen LogP contribution in [-0.4, -0.2) is 92.1 Å². The molecule has 29 heavy (non-hydrogen) atoms. The maximum atomic E-state index is 12.4. The molecule has 0 aromatic heterocycles. The van der Waals surface area contributed by atoms with Gasteiger partial charge < -0.3 is 25.3 Å². The van der Waals surface area contributed by atoms with E-state index in [9.17, 15) is 9.59 Å². The number of amides is 3. The first kappa shape index (κ1) is 23.9. The summed E-state index contributed by atoms with van der Waals surface area (Å²) in [7, 11) is 0. The fraction of sp³-hybridized carbons (Fsp3) is 0.909. The predicted octanol–water partition coefficient (Wildman–Crippen LogP) is 1.99. The second kappa shape index (κ2) is 13.1. The fourth-order valence-electron chi connectivity index (χ4n) is 4.26. The molecule has 3 amide bonds. The van der Waals surface area contributed by atoms with E-state index in [-0.39, 0.29) is 17.9 Å². The standard InChI is InChI=1S/C22H43N5O2/c1-4-25(5-2)13-6-11-23-21(28)20-9-16-27(17-10-20)22(29)24-12-18-26-14-7-19(3)8-15-26/h19-20H,4-18H2,1-3H3,(H,23,28)(H,24,29). The van der Waals surface area contributed by atoms with Crippen LogP contribution in [0.4, 0.5) is 4.79 Å². The minimum Gasteiger partial charge on any atom is -0.356 e. The maximum Gasteiger partial charge on any atom is 0.317 e. The van der Waals surface area contributed by atoms with Gasteiger partial charge in [0.1, 0.15) is 0 Å². The highest BCUT2D eigenvalue weighted by molar-refractivity contribution is 5.79. The largest absolute Gasteiger partial charge is 0.356 e. The Morgan fingerprint density at radius 2 is 1.59 bits per heavy atom. The van der Waals surface area contributed by atoms with Gasteiger partial charge in [-0.3, -0.25) is 4.79 Å². The molecule has 2 aliphatic rings. The third-order valence-corrected chi connectivity index (χ3v) is 6.58. The Kier molecular flexibility index (Phi) is 10.8. The molecular formula is C22H43N5O2. The van der Waals surface area contributed by atoms with Crippen molar-refractivity contribution in [1.29, 1.82) is 0 Å². The average Bonchev–Trinajstić information content (AvgIpc) is 2.75. The molecule has 0 unspecified atom stereocenters. The van der Waals surface area contributed by atoms with Crippen LogP contribution in [0.1, 0.15) is 52.9 Å². The summed E-state index contributed by atoms with van der Waals surface area (Å²) in [5.74, 6) is 1.04. The van der Waals surface area contributed by atoms with Gasteiger partial charge in [-0.15, -0.1) is 0 Å². The zero-order valence-electron chi connectivity index (χ0n) is 18.9. The molecular weight excluding hydrogens is 366 g/mol. The molecule has 2 aliphatic heterocycles. The maximum absolute atomic E-state index is 12.4. The van der Waals surface area contributed by atoms with E-state index in [1.807, 2.05) is 4.90 Å². The van der Waals surface area contributed by atoms with Crippen LogP contribution in [0, 0.1) is 11.8 Å². The molecule has 168 valence electrons. The van der Waals surface area contributed by atoms with Crippen molar-refractivity contribution in [2.45, 2.75) is 52.9 Å². The highest BCUT2D eigenvalue weighted by Gasteiger charge is 2.27. The predicted molar refractivity (Wildman–Crippen MR) is 118 cm³/mol. The van der Waals surface area contributed by atoms with Crippen LogP contribution in [-0.2, 0) is 4.79 Å². The second-order valence-electron chi connectivity index (χ2n) is 8.69. The van der Waals surface area contributed by atoms with E-state index in [1.165, 1.54) is 12.8 Å². The van der Waals surface area contributed by atoms with Crippen molar-refractivity contribution in [2.24, 2.45) is 11.8 Å². The Morgan fingerprint density at radius 1 is 0.931 bits per heavy atom. The quantitative estimate of drug-likeness (QED) is 0.542. The number of nitrogens with zero attached hydrogens (tertiary/aromatic N) is 3. The number of likely N-dealkylation sites (tertiary alicyclic amines) is 2. The van der Waals surface area contributed by atoms with Crippen molar-refractivity contribution in [3.8, 4) is 0 Å². The monoisotopic (exact) mass is 409 g/mol. The molecule has 0 spiro atoms. The molecule has 2 N–H and O–H groups in total. The molecule has 0 bridgehead atoms. The molecule has 2 fully saturated rings. The number of carbonyl (C=O) groups is 2. The van der Waals surface area contributed by atoms with E-state index >= 15 is 0 Å². The lowest BCUT2D eigenvalue weighted by Gasteiger charge is -2.32. The van der Waals surface area contributed by atoms with E-state index in [0.717, 1.165) is 71.0 Å². The Balaban J connectivity index is 1.55. The Bertz CT molecular complexity index is 482. The molecule has 0 aromatic rings. The highest BCUT2D eigenvalue weighted by atomic mass is 16.2. The lowest BCUT2D eigenvalue weighted by molar-refractivity contribution is -0.126. The second-order valence-corrected chi connectivity index (χ2v) is 8.69. The molecule has 2 rings (SSSR count).